The van der Waals surface area contributed by atoms with E-state index in [0.29, 0.717) is 16.5 Å². The van der Waals surface area contributed by atoms with Crippen molar-refractivity contribution in [1.29, 1.82) is 0 Å². The number of fused-ring (bicyclic) bond motifs is 2. The van der Waals surface area contributed by atoms with Crippen LogP contribution in [-0.4, -0.2) is 50.5 Å². The number of anilines is 2. The van der Waals surface area contributed by atoms with Gasteiger partial charge in [0.15, 0.2) is 5.82 Å². The molecular weight excluding hydrogens is 458 g/mol. The Morgan fingerprint density at radius 1 is 1.00 bits per heavy atom. The number of piperidine rings is 1. The summed E-state index contributed by atoms with van der Waals surface area (Å²) in [5, 5.41) is 0.655. The molecule has 8 heteroatoms. The number of nitrogens with zero attached hydrogens (tertiary/aromatic N) is 7. The van der Waals surface area contributed by atoms with Crippen LogP contribution in [0.15, 0.2) is 49.2 Å². The lowest BCUT2D eigenvalue weighted by atomic mass is 9.76. The monoisotopic (exact) mass is 485 g/mol. The van der Waals surface area contributed by atoms with Crippen LogP contribution in [0.3, 0.4) is 0 Å². The first-order chi connectivity index (χ1) is 17.1. The molecule has 2 fully saturated rings. The Balaban J connectivity index is 1.17. The summed E-state index contributed by atoms with van der Waals surface area (Å²) in [7, 11) is 2.07. The summed E-state index contributed by atoms with van der Waals surface area (Å²) >= 11 is 6.87. The highest BCUT2D eigenvalue weighted by Crippen LogP contribution is 2.45. The van der Waals surface area contributed by atoms with Crippen molar-refractivity contribution < 1.29 is 0 Å². The third kappa shape index (κ3) is 3.47. The van der Waals surface area contributed by atoms with E-state index in [2.05, 4.69) is 43.3 Å². The molecule has 4 aromatic rings. The van der Waals surface area contributed by atoms with E-state index in [4.69, 9.17) is 21.6 Å². The van der Waals surface area contributed by atoms with E-state index < -0.39 is 0 Å². The summed E-state index contributed by atoms with van der Waals surface area (Å²) in [5.74, 6) is 2.65. The molecule has 178 valence electrons. The Bertz CT molecular complexity index is 1390. The Morgan fingerprint density at radius 2 is 1.86 bits per heavy atom. The Kier molecular flexibility index (Phi) is 4.78. The second-order valence-corrected chi connectivity index (χ2v) is 10.8. The zero-order valence-electron chi connectivity index (χ0n) is 19.9. The molecule has 0 amide bonds. The van der Waals surface area contributed by atoms with Crippen molar-refractivity contribution in [2.75, 3.05) is 29.9 Å². The highest BCUT2D eigenvalue weighted by Gasteiger charge is 2.41. The molecule has 0 N–H and O–H groups in total. The first kappa shape index (κ1) is 21.1. The van der Waals surface area contributed by atoms with Gasteiger partial charge in [-0.15, -0.1) is 0 Å². The average Bonchev–Trinajstić information content (AvgIpc) is 3.55. The number of hydrogen-bond donors (Lipinski definition) is 0. The van der Waals surface area contributed by atoms with E-state index in [9.17, 15) is 0 Å². The largest absolute Gasteiger partial charge is 0.355 e. The molecule has 35 heavy (non-hydrogen) atoms. The smallest absolute Gasteiger partial charge is 0.154 e. The van der Waals surface area contributed by atoms with Gasteiger partial charge in [0.1, 0.15) is 17.2 Å². The maximum absolute atomic E-state index is 6.87. The Morgan fingerprint density at radius 3 is 2.66 bits per heavy atom. The lowest BCUT2D eigenvalue weighted by Gasteiger charge is -2.39. The maximum Gasteiger partial charge on any atom is 0.154 e. The van der Waals surface area contributed by atoms with E-state index >= 15 is 0 Å². The van der Waals surface area contributed by atoms with Crippen LogP contribution in [0.5, 0.6) is 0 Å². The van der Waals surface area contributed by atoms with E-state index in [1.165, 1.54) is 24.1 Å². The van der Waals surface area contributed by atoms with Gasteiger partial charge in [0, 0.05) is 62.2 Å². The van der Waals surface area contributed by atoms with Gasteiger partial charge in [0.2, 0.25) is 0 Å². The predicted octanol–water partition coefficient (Wildman–Crippen LogP) is 4.82. The van der Waals surface area contributed by atoms with Crippen LogP contribution in [0.2, 0.25) is 5.02 Å². The second-order valence-electron chi connectivity index (χ2n) is 10.4. The summed E-state index contributed by atoms with van der Waals surface area (Å²) in [4.78, 5) is 23.4. The molecule has 1 saturated carbocycles. The van der Waals surface area contributed by atoms with Crippen LogP contribution in [0.4, 0.5) is 11.6 Å². The number of imidazole rings is 1. The minimum absolute atomic E-state index is 0.345. The Hall–Kier alpha value is -3.19. The molecule has 0 atom stereocenters. The minimum atomic E-state index is 0.345. The molecule has 0 aromatic carbocycles. The fourth-order valence-electron chi connectivity index (χ4n) is 6.00. The lowest BCUT2D eigenvalue weighted by Crippen LogP contribution is -2.41. The third-order valence-corrected chi connectivity index (χ3v) is 8.57. The van der Waals surface area contributed by atoms with E-state index in [1.807, 2.05) is 37.1 Å². The summed E-state index contributed by atoms with van der Waals surface area (Å²) in [6, 6.07) is 6.81. The van der Waals surface area contributed by atoms with Crippen molar-refractivity contribution in [2.45, 2.75) is 44.6 Å². The lowest BCUT2D eigenvalue weighted by molar-refractivity contribution is 0.231. The van der Waals surface area contributed by atoms with Crippen LogP contribution < -0.4 is 9.80 Å². The average molecular weight is 486 g/mol. The van der Waals surface area contributed by atoms with Crippen molar-refractivity contribution in [3.8, 4) is 11.4 Å². The zero-order chi connectivity index (χ0) is 23.6. The van der Waals surface area contributed by atoms with E-state index in [-0.39, 0.29) is 0 Å². The summed E-state index contributed by atoms with van der Waals surface area (Å²) in [6.07, 6.45) is 16.5. The SMILES string of the molecule is CN(c1nccc(-c2ncc3c(N4CCC5(CC4)Cc4cccnc4C5)nccn23)c1Cl)C1CC1. The van der Waals surface area contributed by atoms with Gasteiger partial charge in [-0.3, -0.25) is 9.38 Å². The minimum Gasteiger partial charge on any atom is -0.355 e. The molecule has 7 rings (SSSR count). The van der Waals surface area contributed by atoms with E-state index in [1.54, 1.807) is 0 Å². The highest BCUT2D eigenvalue weighted by atomic mass is 35.5. The van der Waals surface area contributed by atoms with Gasteiger partial charge in [-0.05, 0) is 61.6 Å². The van der Waals surface area contributed by atoms with Gasteiger partial charge in [0.05, 0.1) is 11.2 Å². The first-order valence-corrected chi connectivity index (χ1v) is 12.9. The molecule has 4 aromatic heterocycles. The van der Waals surface area contributed by atoms with Gasteiger partial charge in [-0.1, -0.05) is 17.7 Å². The van der Waals surface area contributed by atoms with Gasteiger partial charge in [0.25, 0.3) is 0 Å². The quantitative estimate of drug-likeness (QED) is 0.413. The fourth-order valence-corrected chi connectivity index (χ4v) is 6.33. The number of hydrogen-bond acceptors (Lipinski definition) is 6. The molecule has 1 spiro atoms. The normalized spacial score (nSPS) is 18.9. The number of rotatable bonds is 4. The van der Waals surface area contributed by atoms with Gasteiger partial charge in [-0.2, -0.15) is 0 Å². The maximum atomic E-state index is 6.87. The number of aromatic nitrogens is 5. The molecule has 0 unspecified atom stereocenters. The molecule has 1 saturated heterocycles. The molecule has 0 radical (unpaired) electrons. The van der Waals surface area contributed by atoms with Crippen LogP contribution in [0.1, 0.15) is 36.9 Å². The van der Waals surface area contributed by atoms with Crippen LogP contribution in [0.25, 0.3) is 16.9 Å². The number of halogens is 1. The summed E-state index contributed by atoms with van der Waals surface area (Å²) in [5.41, 5.74) is 4.98. The van der Waals surface area contributed by atoms with Crippen LogP contribution >= 0.6 is 11.6 Å². The summed E-state index contributed by atoms with van der Waals surface area (Å²) in [6.45, 7) is 1.99. The van der Waals surface area contributed by atoms with Gasteiger partial charge >= 0.3 is 0 Å². The van der Waals surface area contributed by atoms with Crippen molar-refractivity contribution >= 4 is 28.8 Å². The summed E-state index contributed by atoms with van der Waals surface area (Å²) < 4.78 is 2.12. The molecule has 0 bridgehead atoms. The molecule has 5 heterocycles. The predicted molar refractivity (Wildman–Crippen MR) is 138 cm³/mol. The zero-order valence-corrected chi connectivity index (χ0v) is 20.6. The van der Waals surface area contributed by atoms with Crippen molar-refractivity contribution in [1.82, 2.24) is 24.3 Å². The topological polar surface area (TPSA) is 62.5 Å². The molecule has 7 nitrogen and oxygen atoms in total. The standard InChI is InChI=1S/C27H28ClN7/c1-33(19-4-5-19)26-23(28)20(6-10-30-26)24-32-17-22-25(31-11-14-35(22)24)34-12-7-27(8-13-34)15-18-3-2-9-29-21(18)16-27/h2-3,6,9-11,14,17,19H,4-5,7-8,12-13,15-16H2,1H3. The van der Waals surface area contributed by atoms with Crippen molar-refractivity contribution in [2.24, 2.45) is 5.41 Å². The van der Waals surface area contributed by atoms with Crippen molar-refractivity contribution in [3.05, 3.63) is 65.5 Å². The first-order valence-electron chi connectivity index (χ1n) is 12.5. The Labute approximate surface area is 209 Å². The molecule has 2 aliphatic carbocycles. The highest BCUT2D eigenvalue weighted by molar-refractivity contribution is 6.35. The number of pyridine rings is 2. The van der Waals surface area contributed by atoms with Gasteiger partial charge < -0.3 is 9.80 Å². The molecule has 3 aliphatic rings. The van der Waals surface area contributed by atoms with Crippen molar-refractivity contribution in [3.63, 3.8) is 0 Å². The molecule has 1 aliphatic heterocycles. The van der Waals surface area contributed by atoms with Crippen LogP contribution in [-0.2, 0) is 12.8 Å². The van der Waals surface area contributed by atoms with Crippen LogP contribution in [0, 0.1) is 5.41 Å². The third-order valence-electron chi connectivity index (χ3n) is 8.19. The van der Waals surface area contributed by atoms with E-state index in [0.717, 1.165) is 67.3 Å². The second kappa shape index (κ2) is 7.92. The fraction of sp³-hybridized carbons (Fsp3) is 0.407. The van der Waals surface area contributed by atoms with Gasteiger partial charge in [-0.25, -0.2) is 15.0 Å². The molecular formula is C27H28ClN7.